The number of nitrogens with one attached hydrogen (secondary N) is 1. The van der Waals surface area contributed by atoms with E-state index >= 15 is 0 Å². The topological polar surface area (TPSA) is 62.2 Å². The highest BCUT2D eigenvalue weighted by molar-refractivity contribution is 6.35. The normalized spacial score (nSPS) is 12.0. The van der Waals surface area contributed by atoms with E-state index in [0.717, 1.165) is 5.56 Å². The lowest BCUT2D eigenvalue weighted by Crippen LogP contribution is -2.39. The third-order valence-corrected chi connectivity index (χ3v) is 3.46. The summed E-state index contributed by atoms with van der Waals surface area (Å²) in [4.78, 5) is 16.0. The first kappa shape index (κ1) is 15.8. The summed E-state index contributed by atoms with van der Waals surface area (Å²) in [5.74, 6) is -0.390. The van der Waals surface area contributed by atoms with E-state index in [9.17, 15) is 9.90 Å². The van der Waals surface area contributed by atoms with Gasteiger partial charge in [-0.05, 0) is 18.1 Å². The molecule has 0 spiro atoms. The molecule has 0 radical (unpaired) electrons. The Morgan fingerprint density at radius 3 is 2.67 bits per heavy atom. The Morgan fingerprint density at radius 1 is 1.29 bits per heavy atom. The van der Waals surface area contributed by atoms with Crippen molar-refractivity contribution in [1.29, 1.82) is 0 Å². The molecule has 2 aromatic rings. The average molecular weight is 325 g/mol. The van der Waals surface area contributed by atoms with Crippen molar-refractivity contribution < 1.29 is 9.90 Å². The number of aliphatic hydroxyl groups excluding tert-OH is 1. The Morgan fingerprint density at radius 2 is 2.00 bits per heavy atom. The van der Waals surface area contributed by atoms with Gasteiger partial charge in [-0.3, -0.25) is 4.79 Å². The molecule has 1 aromatic carbocycles. The summed E-state index contributed by atoms with van der Waals surface area (Å²) in [5, 5.41) is 12.6. The van der Waals surface area contributed by atoms with Gasteiger partial charge >= 0.3 is 0 Å². The summed E-state index contributed by atoms with van der Waals surface area (Å²) in [7, 11) is 0. The number of carbonyl (C=O) groups excluding carboxylic acids is 1. The van der Waals surface area contributed by atoms with E-state index in [4.69, 9.17) is 23.2 Å². The van der Waals surface area contributed by atoms with E-state index in [-0.39, 0.29) is 28.3 Å². The maximum absolute atomic E-state index is 12.2. The molecule has 0 saturated carbocycles. The zero-order valence-electron chi connectivity index (χ0n) is 11.1. The molecule has 1 heterocycles. The van der Waals surface area contributed by atoms with Crippen LogP contribution in [0, 0.1) is 0 Å². The third-order valence-electron chi connectivity index (χ3n) is 2.95. The van der Waals surface area contributed by atoms with Crippen molar-refractivity contribution in [2.45, 2.75) is 12.5 Å². The maximum atomic E-state index is 12.2. The number of benzene rings is 1. The second-order valence-corrected chi connectivity index (χ2v) is 5.32. The van der Waals surface area contributed by atoms with Crippen molar-refractivity contribution in [1.82, 2.24) is 10.3 Å². The van der Waals surface area contributed by atoms with Crippen LogP contribution in [-0.4, -0.2) is 28.6 Å². The van der Waals surface area contributed by atoms with Gasteiger partial charge in [0.1, 0.15) is 5.15 Å². The summed E-state index contributed by atoms with van der Waals surface area (Å²) in [6.45, 7) is -0.170. The van der Waals surface area contributed by atoms with Crippen molar-refractivity contribution in [3.05, 3.63) is 63.9 Å². The first-order valence-corrected chi connectivity index (χ1v) is 7.12. The van der Waals surface area contributed by atoms with Gasteiger partial charge in [0, 0.05) is 6.20 Å². The molecule has 2 N–H and O–H groups in total. The van der Waals surface area contributed by atoms with Gasteiger partial charge in [-0.2, -0.15) is 0 Å². The number of aliphatic hydroxyl groups is 1. The monoisotopic (exact) mass is 324 g/mol. The van der Waals surface area contributed by atoms with Crippen LogP contribution in [0.2, 0.25) is 10.2 Å². The van der Waals surface area contributed by atoms with Gasteiger partial charge in [-0.25, -0.2) is 4.98 Å². The molecule has 21 heavy (non-hydrogen) atoms. The summed E-state index contributed by atoms with van der Waals surface area (Å²) < 4.78 is 0. The molecule has 0 unspecified atom stereocenters. The second kappa shape index (κ2) is 7.41. The largest absolute Gasteiger partial charge is 0.394 e. The van der Waals surface area contributed by atoms with Gasteiger partial charge in [0.2, 0.25) is 0 Å². The standard InChI is InChI=1S/C15H14Cl2N2O2/c16-13-8-18-14(17)7-12(13)15(21)19-11(9-20)6-10-4-2-1-3-5-10/h1-5,7-8,11,20H,6,9H2,(H,19,21)/t11-/m1/s1. The van der Waals surface area contributed by atoms with Crippen molar-refractivity contribution >= 4 is 29.1 Å². The van der Waals surface area contributed by atoms with Crippen LogP contribution in [0.25, 0.3) is 0 Å². The fourth-order valence-electron chi connectivity index (χ4n) is 1.91. The van der Waals surface area contributed by atoms with Crippen LogP contribution in [0.4, 0.5) is 0 Å². The molecule has 6 heteroatoms. The van der Waals surface area contributed by atoms with Gasteiger partial charge in [0.05, 0.1) is 23.2 Å². The lowest BCUT2D eigenvalue weighted by molar-refractivity contribution is 0.0916. The third kappa shape index (κ3) is 4.43. The summed E-state index contributed by atoms with van der Waals surface area (Å²) in [6, 6.07) is 10.6. The van der Waals surface area contributed by atoms with Gasteiger partial charge in [0.15, 0.2) is 0 Å². The highest BCUT2D eigenvalue weighted by atomic mass is 35.5. The summed E-state index contributed by atoms with van der Waals surface area (Å²) in [6.07, 6.45) is 1.85. The van der Waals surface area contributed by atoms with Crippen molar-refractivity contribution in [3.8, 4) is 0 Å². The van der Waals surface area contributed by atoms with E-state index in [0.29, 0.717) is 6.42 Å². The number of hydrogen-bond donors (Lipinski definition) is 2. The molecule has 0 aliphatic heterocycles. The quantitative estimate of drug-likeness (QED) is 0.831. The number of amides is 1. The fourth-order valence-corrected chi connectivity index (χ4v) is 2.26. The number of carbonyl (C=O) groups is 1. The van der Waals surface area contributed by atoms with Crippen molar-refractivity contribution in [2.75, 3.05) is 6.61 Å². The number of aromatic nitrogens is 1. The molecule has 0 fully saturated rings. The fraction of sp³-hybridized carbons (Fsp3) is 0.200. The van der Waals surface area contributed by atoms with Crippen LogP contribution >= 0.6 is 23.2 Å². The molecule has 110 valence electrons. The van der Waals surface area contributed by atoms with Crippen molar-refractivity contribution in [2.24, 2.45) is 0 Å². The molecule has 0 bridgehead atoms. The number of nitrogens with zero attached hydrogens (tertiary/aromatic N) is 1. The molecule has 2 rings (SSSR count). The first-order valence-electron chi connectivity index (χ1n) is 6.37. The number of halogens is 2. The Bertz CT molecular complexity index is 620. The van der Waals surface area contributed by atoms with E-state index in [1.165, 1.54) is 12.3 Å². The highest BCUT2D eigenvalue weighted by Gasteiger charge is 2.16. The SMILES string of the molecule is O=C(N[C@@H](CO)Cc1ccccc1)c1cc(Cl)ncc1Cl. The van der Waals surface area contributed by atoms with Gasteiger partial charge in [-0.15, -0.1) is 0 Å². The van der Waals surface area contributed by atoms with Crippen LogP contribution < -0.4 is 5.32 Å². The smallest absolute Gasteiger partial charge is 0.253 e. The number of pyridine rings is 1. The van der Waals surface area contributed by atoms with Crippen LogP contribution in [-0.2, 0) is 6.42 Å². The van der Waals surface area contributed by atoms with Crippen LogP contribution in [0.5, 0.6) is 0 Å². The predicted molar refractivity (Wildman–Crippen MR) is 82.7 cm³/mol. The zero-order chi connectivity index (χ0) is 15.2. The second-order valence-electron chi connectivity index (χ2n) is 4.53. The zero-order valence-corrected chi connectivity index (χ0v) is 12.6. The van der Waals surface area contributed by atoms with E-state index < -0.39 is 6.04 Å². The lowest BCUT2D eigenvalue weighted by atomic mass is 10.1. The molecule has 4 nitrogen and oxygen atoms in total. The minimum absolute atomic E-state index is 0.170. The van der Waals surface area contributed by atoms with E-state index in [2.05, 4.69) is 10.3 Å². The number of rotatable bonds is 5. The number of hydrogen-bond acceptors (Lipinski definition) is 3. The molecule has 0 aliphatic carbocycles. The molecule has 1 amide bonds. The van der Waals surface area contributed by atoms with Crippen LogP contribution in [0.3, 0.4) is 0 Å². The first-order chi connectivity index (χ1) is 10.1. The van der Waals surface area contributed by atoms with Crippen molar-refractivity contribution in [3.63, 3.8) is 0 Å². The van der Waals surface area contributed by atoms with Crippen LogP contribution in [0.1, 0.15) is 15.9 Å². The van der Waals surface area contributed by atoms with Crippen LogP contribution in [0.15, 0.2) is 42.6 Å². The molecule has 0 aliphatic rings. The molecule has 0 saturated heterocycles. The summed E-state index contributed by atoms with van der Waals surface area (Å²) >= 11 is 11.7. The summed E-state index contributed by atoms with van der Waals surface area (Å²) in [5.41, 5.74) is 1.26. The molecule has 1 atom stereocenters. The minimum atomic E-state index is -0.400. The lowest BCUT2D eigenvalue weighted by Gasteiger charge is -2.17. The van der Waals surface area contributed by atoms with E-state index in [1.807, 2.05) is 30.3 Å². The van der Waals surface area contributed by atoms with Gasteiger partial charge in [-0.1, -0.05) is 53.5 Å². The van der Waals surface area contributed by atoms with Gasteiger partial charge in [0.25, 0.3) is 5.91 Å². The Labute approximate surface area is 132 Å². The maximum Gasteiger partial charge on any atom is 0.253 e. The van der Waals surface area contributed by atoms with Gasteiger partial charge < -0.3 is 10.4 Å². The highest BCUT2D eigenvalue weighted by Crippen LogP contribution is 2.18. The molecule has 1 aromatic heterocycles. The average Bonchev–Trinajstić information content (AvgIpc) is 2.50. The predicted octanol–water partition coefficient (Wildman–Crippen LogP) is 2.72. The molecular weight excluding hydrogens is 311 g/mol. The minimum Gasteiger partial charge on any atom is -0.394 e. The Balaban J connectivity index is 2.07. The molecular formula is C15H14Cl2N2O2. The van der Waals surface area contributed by atoms with E-state index in [1.54, 1.807) is 0 Å². The Hall–Kier alpha value is -1.62. The Kier molecular flexibility index (Phi) is 5.56.